The van der Waals surface area contributed by atoms with Crippen LogP contribution < -0.4 is 10.6 Å². The van der Waals surface area contributed by atoms with Crippen LogP contribution in [-0.4, -0.2) is 56.1 Å². The summed E-state index contributed by atoms with van der Waals surface area (Å²) in [6.07, 6.45) is 0. The lowest BCUT2D eigenvalue weighted by Crippen LogP contribution is -2.43. The van der Waals surface area contributed by atoms with Crippen LogP contribution in [0.1, 0.15) is 26.3 Å². The second kappa shape index (κ2) is 8.26. The van der Waals surface area contributed by atoms with Gasteiger partial charge in [-0.25, -0.2) is 0 Å². The maximum atomic E-state index is 12.1. The van der Waals surface area contributed by atoms with E-state index in [1.807, 2.05) is 24.3 Å². The Hall–Kier alpha value is -1.92. The van der Waals surface area contributed by atoms with Gasteiger partial charge in [0, 0.05) is 31.9 Å². The second-order valence-corrected chi connectivity index (χ2v) is 6.96. The first kappa shape index (κ1) is 18.4. The van der Waals surface area contributed by atoms with Crippen LogP contribution in [0.25, 0.3) is 0 Å². The predicted molar refractivity (Wildman–Crippen MR) is 94.0 cm³/mol. The molecular formula is C18H27N3O3. The topological polar surface area (TPSA) is 70.7 Å². The molecule has 0 radical (unpaired) electrons. The molecule has 2 rings (SSSR count). The molecule has 1 aromatic rings. The van der Waals surface area contributed by atoms with Gasteiger partial charge < -0.3 is 15.4 Å². The summed E-state index contributed by atoms with van der Waals surface area (Å²) in [5.41, 5.74) is 1.56. The van der Waals surface area contributed by atoms with Gasteiger partial charge in [-0.15, -0.1) is 0 Å². The quantitative estimate of drug-likeness (QED) is 0.817. The fourth-order valence-electron chi connectivity index (χ4n) is 2.66. The van der Waals surface area contributed by atoms with Crippen LogP contribution in [0.3, 0.4) is 0 Å². The van der Waals surface area contributed by atoms with E-state index in [1.165, 1.54) is 0 Å². The summed E-state index contributed by atoms with van der Waals surface area (Å²) in [4.78, 5) is 26.3. The highest BCUT2D eigenvalue weighted by molar-refractivity contribution is 6.39. The van der Waals surface area contributed by atoms with Crippen molar-refractivity contribution in [3.05, 3.63) is 29.8 Å². The predicted octanol–water partition coefficient (Wildman–Crippen LogP) is 1.37. The zero-order valence-electron chi connectivity index (χ0n) is 14.7. The summed E-state index contributed by atoms with van der Waals surface area (Å²) < 4.78 is 5.28. The first-order chi connectivity index (χ1) is 11.4. The Bertz CT molecular complexity index is 575. The van der Waals surface area contributed by atoms with Crippen LogP contribution in [0.15, 0.2) is 24.3 Å². The van der Waals surface area contributed by atoms with E-state index >= 15 is 0 Å². The highest BCUT2D eigenvalue weighted by Gasteiger charge is 2.21. The Morgan fingerprint density at radius 1 is 1.12 bits per heavy atom. The minimum atomic E-state index is -0.631. The first-order valence-corrected chi connectivity index (χ1v) is 8.37. The largest absolute Gasteiger partial charge is 0.379 e. The van der Waals surface area contributed by atoms with Gasteiger partial charge in [0.25, 0.3) is 0 Å². The minimum absolute atomic E-state index is 0.114. The summed E-state index contributed by atoms with van der Waals surface area (Å²) in [6, 6.07) is 7.56. The third-order valence-corrected chi connectivity index (χ3v) is 4.01. The van der Waals surface area contributed by atoms with Crippen LogP contribution in [-0.2, 0) is 19.7 Å². The lowest BCUT2D eigenvalue weighted by atomic mass is 9.86. The molecular weight excluding hydrogens is 306 g/mol. The molecule has 0 unspecified atom stereocenters. The van der Waals surface area contributed by atoms with Crippen molar-refractivity contribution in [2.45, 2.75) is 26.2 Å². The van der Waals surface area contributed by atoms with E-state index in [-0.39, 0.29) is 5.41 Å². The van der Waals surface area contributed by atoms with E-state index in [9.17, 15) is 9.59 Å². The lowest BCUT2D eigenvalue weighted by Gasteiger charge is -2.26. The SMILES string of the molecule is CC(C)(C)c1ccccc1NC(=O)C(=O)NCCN1CCOCC1. The van der Waals surface area contributed by atoms with Crippen molar-refractivity contribution in [2.24, 2.45) is 0 Å². The number of hydrogen-bond donors (Lipinski definition) is 2. The molecule has 6 nitrogen and oxygen atoms in total. The molecule has 0 saturated carbocycles. The highest BCUT2D eigenvalue weighted by Crippen LogP contribution is 2.29. The molecule has 0 aromatic heterocycles. The Morgan fingerprint density at radius 2 is 1.79 bits per heavy atom. The lowest BCUT2D eigenvalue weighted by molar-refractivity contribution is -0.136. The average Bonchev–Trinajstić information content (AvgIpc) is 2.55. The van der Waals surface area contributed by atoms with Crippen molar-refractivity contribution in [3.8, 4) is 0 Å². The van der Waals surface area contributed by atoms with Crippen molar-refractivity contribution in [3.63, 3.8) is 0 Å². The first-order valence-electron chi connectivity index (χ1n) is 8.37. The highest BCUT2D eigenvalue weighted by atomic mass is 16.5. The number of hydrogen-bond acceptors (Lipinski definition) is 4. The minimum Gasteiger partial charge on any atom is -0.379 e. The monoisotopic (exact) mass is 333 g/mol. The maximum Gasteiger partial charge on any atom is 0.313 e. The summed E-state index contributed by atoms with van der Waals surface area (Å²) in [7, 11) is 0. The van der Waals surface area contributed by atoms with Crippen LogP contribution in [0.4, 0.5) is 5.69 Å². The molecule has 1 aliphatic heterocycles. The second-order valence-electron chi connectivity index (χ2n) is 6.96. The standard InChI is InChI=1S/C18H27N3O3/c1-18(2,3)14-6-4-5-7-15(14)20-17(23)16(22)19-8-9-21-10-12-24-13-11-21/h4-7H,8-13H2,1-3H3,(H,19,22)(H,20,23). The van der Waals surface area contributed by atoms with Crippen LogP contribution in [0.5, 0.6) is 0 Å². The Kier molecular flexibility index (Phi) is 6.34. The van der Waals surface area contributed by atoms with E-state index in [0.29, 0.717) is 12.2 Å². The van der Waals surface area contributed by atoms with Crippen LogP contribution in [0.2, 0.25) is 0 Å². The Balaban J connectivity index is 1.84. The maximum absolute atomic E-state index is 12.1. The number of morpholine rings is 1. The number of para-hydroxylation sites is 1. The van der Waals surface area contributed by atoms with Gasteiger partial charge in [0.05, 0.1) is 13.2 Å². The molecule has 0 aliphatic carbocycles. The molecule has 2 amide bonds. The Morgan fingerprint density at radius 3 is 2.46 bits per heavy atom. The van der Waals surface area contributed by atoms with E-state index in [4.69, 9.17) is 4.74 Å². The van der Waals surface area contributed by atoms with Gasteiger partial charge in [-0.3, -0.25) is 14.5 Å². The van der Waals surface area contributed by atoms with Crippen molar-refractivity contribution < 1.29 is 14.3 Å². The number of carbonyl (C=O) groups is 2. The zero-order valence-corrected chi connectivity index (χ0v) is 14.7. The number of amides is 2. The summed E-state index contributed by atoms with van der Waals surface area (Å²) >= 11 is 0. The molecule has 132 valence electrons. The van der Waals surface area contributed by atoms with Crippen LogP contribution >= 0.6 is 0 Å². The summed E-state index contributed by atoms with van der Waals surface area (Å²) in [6.45, 7) is 10.5. The molecule has 2 N–H and O–H groups in total. The van der Waals surface area contributed by atoms with E-state index in [1.54, 1.807) is 0 Å². The zero-order chi connectivity index (χ0) is 17.6. The third-order valence-electron chi connectivity index (χ3n) is 4.01. The number of benzene rings is 1. The Labute approximate surface area is 143 Å². The van der Waals surface area contributed by atoms with Crippen LogP contribution in [0, 0.1) is 0 Å². The molecule has 1 heterocycles. The molecule has 1 aromatic carbocycles. The molecule has 0 spiro atoms. The van der Waals surface area contributed by atoms with Gasteiger partial charge in [0.1, 0.15) is 0 Å². The number of rotatable bonds is 4. The summed E-state index contributed by atoms with van der Waals surface area (Å²) in [5, 5.41) is 5.40. The fraction of sp³-hybridized carbons (Fsp3) is 0.556. The van der Waals surface area contributed by atoms with Gasteiger partial charge >= 0.3 is 11.8 Å². The molecule has 0 bridgehead atoms. The summed E-state index contributed by atoms with van der Waals surface area (Å²) in [5.74, 6) is -1.24. The molecule has 1 aliphatic rings. The number of carbonyl (C=O) groups excluding carboxylic acids is 2. The van der Waals surface area contributed by atoms with Gasteiger partial charge in [-0.05, 0) is 17.0 Å². The van der Waals surface area contributed by atoms with Crippen molar-refractivity contribution in [1.82, 2.24) is 10.2 Å². The molecule has 0 atom stereocenters. The molecule has 1 saturated heterocycles. The van der Waals surface area contributed by atoms with Crippen molar-refractivity contribution >= 4 is 17.5 Å². The van der Waals surface area contributed by atoms with Gasteiger partial charge in [-0.2, -0.15) is 0 Å². The van der Waals surface area contributed by atoms with E-state index < -0.39 is 11.8 Å². The third kappa shape index (κ3) is 5.32. The number of ether oxygens (including phenoxy) is 1. The van der Waals surface area contributed by atoms with Gasteiger partial charge in [-0.1, -0.05) is 39.0 Å². The molecule has 24 heavy (non-hydrogen) atoms. The van der Waals surface area contributed by atoms with Gasteiger partial charge in [0.2, 0.25) is 0 Å². The number of nitrogens with zero attached hydrogens (tertiary/aromatic N) is 1. The molecule has 6 heteroatoms. The smallest absolute Gasteiger partial charge is 0.313 e. The number of anilines is 1. The normalized spacial score (nSPS) is 15.8. The van der Waals surface area contributed by atoms with Gasteiger partial charge in [0.15, 0.2) is 0 Å². The number of nitrogens with one attached hydrogen (secondary N) is 2. The fourth-order valence-corrected chi connectivity index (χ4v) is 2.66. The average molecular weight is 333 g/mol. The van der Waals surface area contributed by atoms with E-state index in [0.717, 1.165) is 38.4 Å². The molecule has 1 fully saturated rings. The van der Waals surface area contributed by atoms with Crippen molar-refractivity contribution in [1.29, 1.82) is 0 Å². The van der Waals surface area contributed by atoms with E-state index in [2.05, 4.69) is 36.3 Å². The van der Waals surface area contributed by atoms with Crippen molar-refractivity contribution in [2.75, 3.05) is 44.7 Å².